The van der Waals surface area contributed by atoms with Gasteiger partial charge in [-0.2, -0.15) is 0 Å². The van der Waals surface area contributed by atoms with E-state index in [0.717, 1.165) is 74.1 Å². The normalized spacial score (nSPS) is 17.3. The Hall–Kier alpha value is -12.2. The van der Waals surface area contributed by atoms with Crippen LogP contribution in [0.3, 0.4) is 0 Å². The zero-order chi connectivity index (χ0) is 70.7. The van der Waals surface area contributed by atoms with Gasteiger partial charge in [-0.3, -0.25) is 9.59 Å². The van der Waals surface area contributed by atoms with Gasteiger partial charge in [-0.1, -0.05) is 147 Å². The molecule has 6 aliphatic rings. The number of amides is 2. The highest BCUT2D eigenvalue weighted by Crippen LogP contribution is 2.48. The summed E-state index contributed by atoms with van der Waals surface area (Å²) in [6.45, 7) is 13.2. The highest BCUT2D eigenvalue weighted by atomic mass is 16.5. The first-order valence-electron chi connectivity index (χ1n) is 33.2. The molecule has 6 atom stereocenters. The molecule has 0 saturated heterocycles. The van der Waals surface area contributed by atoms with Crippen LogP contribution in [0.5, 0.6) is 0 Å². The monoisotopic (exact) mass is 1320 g/mol. The van der Waals surface area contributed by atoms with E-state index in [9.17, 15) is 33.9 Å². The molecule has 12 nitrogen and oxygen atoms in total. The predicted molar refractivity (Wildman–Crippen MR) is 391 cm³/mol. The molecule has 496 valence electrons. The van der Waals surface area contributed by atoms with E-state index in [4.69, 9.17) is 14.6 Å². The fourth-order valence-electron chi connectivity index (χ4n) is 13.2. The number of esters is 2. The van der Waals surface area contributed by atoms with Gasteiger partial charge in [0, 0.05) is 78.6 Å². The van der Waals surface area contributed by atoms with E-state index >= 15 is 0 Å². The maximum absolute atomic E-state index is 14.0. The van der Waals surface area contributed by atoms with E-state index in [1.807, 2.05) is 84.9 Å². The Balaban J connectivity index is 0.000000202. The number of carboxylic acids is 2. The third-order valence-electron chi connectivity index (χ3n) is 19.0. The van der Waals surface area contributed by atoms with Crippen LogP contribution in [0.15, 0.2) is 229 Å². The third kappa shape index (κ3) is 16.4. The van der Waals surface area contributed by atoms with Crippen LogP contribution in [-0.4, -0.2) is 60.1 Å². The van der Waals surface area contributed by atoms with E-state index in [2.05, 4.69) is 124 Å². The molecule has 0 aromatic heterocycles. The molecule has 4 bridgehead atoms. The summed E-state index contributed by atoms with van der Waals surface area (Å²) >= 11 is 0. The molecule has 4 N–H and O–H groups in total. The summed E-state index contributed by atoms with van der Waals surface area (Å²) in [4.78, 5) is 74.0. The number of benzene rings is 8. The molecule has 0 aliphatic heterocycles. The summed E-state index contributed by atoms with van der Waals surface area (Å²) in [5, 5.41) is 24.8. The van der Waals surface area contributed by atoms with E-state index in [0.29, 0.717) is 62.9 Å². The molecule has 14 rings (SSSR count). The molecular weight excluding hydrogens is 1240 g/mol. The number of hydrogen-bond donors (Lipinski definition) is 4. The van der Waals surface area contributed by atoms with Crippen molar-refractivity contribution in [3.05, 3.63) is 295 Å². The summed E-state index contributed by atoms with van der Waals surface area (Å²) < 4.78 is 9.56. The third-order valence-corrected chi connectivity index (χ3v) is 19.0. The van der Waals surface area contributed by atoms with Crippen LogP contribution in [0.1, 0.15) is 140 Å². The maximum atomic E-state index is 14.0. The summed E-state index contributed by atoms with van der Waals surface area (Å²) in [5.41, 5.74) is 16.4. The van der Waals surface area contributed by atoms with Crippen molar-refractivity contribution in [2.75, 3.05) is 24.9 Å². The van der Waals surface area contributed by atoms with E-state index in [-0.39, 0.29) is 52.6 Å². The topological polar surface area (TPSA) is 185 Å². The van der Waals surface area contributed by atoms with Gasteiger partial charge < -0.3 is 30.3 Å². The quantitative estimate of drug-likeness (QED) is 0.0521. The molecule has 4 unspecified atom stereocenters. The molecule has 0 heterocycles. The van der Waals surface area contributed by atoms with Crippen LogP contribution >= 0.6 is 0 Å². The number of allylic oxidation sites excluding steroid dienone is 6. The Morgan fingerprint density at radius 3 is 0.920 bits per heavy atom. The minimum absolute atomic E-state index is 0.0726. The number of fused-ring (bicyclic) bond motifs is 2. The first-order chi connectivity index (χ1) is 48.2. The second kappa shape index (κ2) is 30.9. The average molecular weight is 1320 g/mol. The molecule has 8 aromatic rings. The fraction of sp³-hybridized carbons (Fsp3) is 0.205. The van der Waals surface area contributed by atoms with Crippen molar-refractivity contribution >= 4 is 47.1 Å². The van der Waals surface area contributed by atoms with Crippen molar-refractivity contribution < 1.29 is 48.5 Å². The van der Waals surface area contributed by atoms with E-state index in [1.54, 1.807) is 72.8 Å². The minimum Gasteiger partial charge on any atom is -0.478 e. The Bertz CT molecular complexity index is 4920. The highest BCUT2D eigenvalue weighted by Gasteiger charge is 2.41. The predicted octanol–water partition coefficient (Wildman–Crippen LogP) is 16.7. The van der Waals surface area contributed by atoms with Crippen LogP contribution in [0.25, 0.3) is 22.3 Å². The van der Waals surface area contributed by atoms with Gasteiger partial charge in [0.25, 0.3) is 11.8 Å². The standard InChI is InChI=1S/C45H39NO5.C43H35NO5/c1-28(2)39-26-37-27-41(40(39)24-29(37)3)43(47)46-42-25-33(9-8-32-14-21-36(22-15-32)45(49)51-5)16-23-38(42)34-17-10-30(11-18-34)6-7-31-12-19-35(20-13-31)44(48)50-4;1-26(2)37-24-35-25-39(38(37)22-27(35)3)41(45)44-40-23-31(7-6-30-12-19-34(20-13-30)43(48)49)14-21-36(40)32-15-8-28(9-16-32)4-5-29-10-17-33(18-11-29)42(46)47/h10-25,27-28,37,39-40H,26H2,1-5H3,(H,46,47);8-23,25-26,35,37-38H,24H2,1-3H3,(H,44,45)(H,46,47)(H,48,49)/t37-,39?,40?;35-,37?,38?/m00/s1. The zero-order valence-electron chi connectivity index (χ0n) is 56.8. The fourth-order valence-corrected chi connectivity index (χ4v) is 13.2. The summed E-state index contributed by atoms with van der Waals surface area (Å²) in [6, 6.07) is 53.9. The van der Waals surface area contributed by atoms with E-state index < -0.39 is 17.9 Å². The molecule has 100 heavy (non-hydrogen) atoms. The highest BCUT2D eigenvalue weighted by molar-refractivity contribution is 6.08. The molecule has 0 spiro atoms. The first kappa shape index (κ1) is 69.1. The van der Waals surface area contributed by atoms with Crippen LogP contribution < -0.4 is 10.6 Å². The first-order valence-corrected chi connectivity index (χ1v) is 33.2. The number of anilines is 2. The van der Waals surface area contributed by atoms with Crippen LogP contribution in [0, 0.1) is 94.7 Å². The van der Waals surface area contributed by atoms with Crippen LogP contribution in [0.4, 0.5) is 11.4 Å². The number of carbonyl (C=O) groups is 6. The van der Waals surface area contributed by atoms with Crippen molar-refractivity contribution in [3.63, 3.8) is 0 Å². The van der Waals surface area contributed by atoms with Crippen LogP contribution in [-0.2, 0) is 19.1 Å². The lowest BCUT2D eigenvalue weighted by Gasteiger charge is -2.41. The van der Waals surface area contributed by atoms with Crippen molar-refractivity contribution in [1.82, 2.24) is 0 Å². The Morgan fingerprint density at radius 2 is 0.650 bits per heavy atom. The van der Waals surface area contributed by atoms with Crippen LogP contribution in [0.2, 0.25) is 0 Å². The van der Waals surface area contributed by atoms with Gasteiger partial charge in [-0.05, 0) is 219 Å². The molecule has 8 aromatic carbocycles. The van der Waals surface area contributed by atoms with Crippen molar-refractivity contribution in [3.8, 4) is 69.6 Å². The number of rotatable bonds is 12. The number of carbonyl (C=O) groups excluding carboxylic acids is 4. The Labute approximate surface area is 584 Å². The number of methoxy groups -OCH3 is 2. The second-order valence-corrected chi connectivity index (χ2v) is 26.1. The Morgan fingerprint density at radius 1 is 0.380 bits per heavy atom. The number of hydrogen-bond acceptors (Lipinski definition) is 8. The van der Waals surface area contributed by atoms with Gasteiger partial charge in [0.2, 0.25) is 0 Å². The van der Waals surface area contributed by atoms with Gasteiger partial charge in [0.05, 0.1) is 47.8 Å². The molecule has 2 amide bonds. The number of carboxylic acid groups (broad SMARTS) is 2. The smallest absolute Gasteiger partial charge is 0.337 e. The Kier molecular flexibility index (Phi) is 21.4. The van der Waals surface area contributed by atoms with Gasteiger partial charge in [0.15, 0.2) is 0 Å². The molecule has 0 fully saturated rings. The molecule has 0 radical (unpaired) electrons. The van der Waals surface area contributed by atoms with Gasteiger partial charge >= 0.3 is 23.9 Å². The lowest BCUT2D eigenvalue weighted by molar-refractivity contribution is -0.114. The number of ether oxygens (including phenoxy) is 2. The molecule has 0 saturated carbocycles. The van der Waals surface area contributed by atoms with Gasteiger partial charge in [0.1, 0.15) is 0 Å². The van der Waals surface area contributed by atoms with Crippen molar-refractivity contribution in [2.24, 2.45) is 47.3 Å². The largest absolute Gasteiger partial charge is 0.478 e. The lowest BCUT2D eigenvalue weighted by Crippen LogP contribution is -2.36. The summed E-state index contributed by atoms with van der Waals surface area (Å²) in [7, 11) is 2.71. The SMILES string of the molecule is CC1=CC2C(C(=O)Nc3cc(C#Cc4ccc(C(=O)O)cc4)ccc3-c3ccc(C#Cc4ccc(C(=O)O)cc4)cc3)=C[C@@H]1CC2C(C)C.COC(=O)c1ccc(C#Cc2ccc(-c3ccc(C#Cc4ccc(C(=O)OC)cc4)cc3NC(=O)C3=C[C@@H]4CC(C(C)C)C3C=C4C)cc2)cc1. The zero-order valence-corrected chi connectivity index (χ0v) is 56.8. The van der Waals surface area contributed by atoms with Crippen molar-refractivity contribution in [1.29, 1.82) is 0 Å². The van der Waals surface area contributed by atoms with Crippen molar-refractivity contribution in [2.45, 2.75) is 54.4 Å². The number of aromatic carboxylic acids is 2. The molecule has 6 aliphatic carbocycles. The van der Waals surface area contributed by atoms with E-state index in [1.165, 1.54) is 49.6 Å². The minimum atomic E-state index is -0.991. The van der Waals surface area contributed by atoms with Gasteiger partial charge in [-0.25, -0.2) is 19.2 Å². The molecular formula is C88H74N2O10. The number of nitrogens with one attached hydrogen (secondary N) is 2. The summed E-state index contributed by atoms with van der Waals surface area (Å²) in [6.07, 6.45) is 11.0. The average Bonchev–Trinajstić information content (AvgIpc) is 0.768. The second-order valence-electron chi connectivity index (χ2n) is 26.1. The van der Waals surface area contributed by atoms with Gasteiger partial charge in [-0.15, -0.1) is 0 Å². The lowest BCUT2D eigenvalue weighted by atomic mass is 9.63. The molecule has 12 heteroatoms. The summed E-state index contributed by atoms with van der Waals surface area (Å²) in [5.74, 6) is 24.7. The maximum Gasteiger partial charge on any atom is 0.337 e.